The molecule has 2 aromatic heterocycles. The third-order valence-electron chi connectivity index (χ3n) is 6.44. The minimum atomic E-state index is -0.276. The molecule has 0 unspecified atom stereocenters. The van der Waals surface area contributed by atoms with E-state index in [0.29, 0.717) is 49.9 Å². The highest BCUT2D eigenvalue weighted by Gasteiger charge is 2.26. The van der Waals surface area contributed by atoms with Crippen LogP contribution in [-0.4, -0.2) is 89.5 Å². The Morgan fingerprint density at radius 1 is 1.00 bits per heavy atom. The van der Waals surface area contributed by atoms with Gasteiger partial charge in [-0.3, -0.25) is 14.6 Å². The first-order valence-electron chi connectivity index (χ1n) is 11.2. The number of carbonyl (C=O) groups excluding carboxylic acids is 1. The molecule has 33 heavy (non-hydrogen) atoms. The van der Waals surface area contributed by atoms with E-state index >= 15 is 0 Å². The Morgan fingerprint density at radius 2 is 1.76 bits per heavy atom. The molecule has 10 heteroatoms. The molecule has 0 aliphatic carbocycles. The van der Waals surface area contributed by atoms with Crippen LogP contribution < -0.4 is 4.90 Å². The summed E-state index contributed by atoms with van der Waals surface area (Å²) in [5.74, 6) is 0.870. The van der Waals surface area contributed by atoms with Crippen molar-refractivity contribution in [3.63, 3.8) is 0 Å². The lowest BCUT2D eigenvalue weighted by atomic mass is 10.2. The van der Waals surface area contributed by atoms with Gasteiger partial charge in [-0.25, -0.2) is 14.4 Å². The minimum Gasteiger partial charge on any atom is -0.353 e. The number of piperazine rings is 2. The zero-order valence-electron chi connectivity index (χ0n) is 18.3. The fourth-order valence-electron chi connectivity index (χ4n) is 4.50. The van der Waals surface area contributed by atoms with Gasteiger partial charge in [0.2, 0.25) is 5.91 Å². The number of hydrogen-bond donors (Lipinski definition) is 0. The van der Waals surface area contributed by atoms with Gasteiger partial charge in [0.15, 0.2) is 0 Å². The summed E-state index contributed by atoms with van der Waals surface area (Å²) in [5, 5.41) is 3.60. The molecule has 4 heterocycles. The number of rotatable bonds is 5. The second-order valence-electron chi connectivity index (χ2n) is 8.46. The number of halogens is 2. The molecule has 2 saturated heterocycles. The lowest BCUT2D eigenvalue weighted by Gasteiger charge is -2.38. The second-order valence-corrected chi connectivity index (χ2v) is 9.76. The molecule has 1 aromatic carbocycles. The van der Waals surface area contributed by atoms with Crippen LogP contribution in [0.4, 0.5) is 10.2 Å². The maximum atomic E-state index is 14.1. The monoisotopic (exact) mass is 488 g/mol. The van der Waals surface area contributed by atoms with Crippen LogP contribution in [-0.2, 0) is 11.3 Å². The van der Waals surface area contributed by atoms with Gasteiger partial charge in [-0.15, -0.1) is 11.3 Å². The predicted octanol–water partition coefficient (Wildman–Crippen LogP) is 2.95. The van der Waals surface area contributed by atoms with E-state index in [4.69, 9.17) is 11.6 Å². The van der Waals surface area contributed by atoms with E-state index in [1.165, 1.54) is 6.07 Å². The van der Waals surface area contributed by atoms with Crippen molar-refractivity contribution in [2.75, 3.05) is 63.8 Å². The summed E-state index contributed by atoms with van der Waals surface area (Å²) in [5.41, 5.74) is 0.528. The smallest absolute Gasteiger partial charge is 0.236 e. The summed E-state index contributed by atoms with van der Waals surface area (Å²) in [6.45, 7) is 6.98. The second kappa shape index (κ2) is 9.89. The highest BCUT2D eigenvalue weighted by atomic mass is 35.5. The van der Waals surface area contributed by atoms with Crippen molar-refractivity contribution in [3.8, 4) is 0 Å². The number of carbonyl (C=O) groups is 1. The first-order chi connectivity index (χ1) is 16.1. The first kappa shape index (κ1) is 22.5. The maximum absolute atomic E-state index is 14.1. The molecule has 0 atom stereocenters. The molecule has 2 fully saturated rings. The molecular formula is C23H26ClFN6OS. The molecule has 3 aromatic rings. The normalized spacial score (nSPS) is 18.2. The molecule has 0 N–H and O–H groups in total. The molecule has 5 rings (SSSR count). The number of hydrogen-bond acceptors (Lipinski definition) is 7. The zero-order chi connectivity index (χ0) is 22.8. The van der Waals surface area contributed by atoms with Crippen LogP contribution in [0.3, 0.4) is 0 Å². The summed E-state index contributed by atoms with van der Waals surface area (Å²) < 4.78 is 14.1. The van der Waals surface area contributed by atoms with Crippen LogP contribution in [0.25, 0.3) is 10.2 Å². The third kappa shape index (κ3) is 4.96. The van der Waals surface area contributed by atoms with E-state index < -0.39 is 0 Å². The van der Waals surface area contributed by atoms with E-state index in [9.17, 15) is 9.18 Å². The number of nitrogens with zero attached hydrogens (tertiary/aromatic N) is 6. The summed E-state index contributed by atoms with van der Waals surface area (Å²) in [7, 11) is 0. The van der Waals surface area contributed by atoms with Crippen molar-refractivity contribution in [3.05, 3.63) is 52.4 Å². The van der Waals surface area contributed by atoms with Gasteiger partial charge in [0.25, 0.3) is 0 Å². The fraction of sp³-hybridized carbons (Fsp3) is 0.435. The Morgan fingerprint density at radius 3 is 2.52 bits per heavy atom. The van der Waals surface area contributed by atoms with E-state index in [-0.39, 0.29) is 11.7 Å². The number of benzene rings is 1. The summed E-state index contributed by atoms with van der Waals surface area (Å²) in [4.78, 5) is 31.3. The van der Waals surface area contributed by atoms with Crippen LogP contribution in [0.2, 0.25) is 5.02 Å². The lowest BCUT2D eigenvalue weighted by Crippen LogP contribution is -2.53. The Balaban J connectivity index is 1.09. The van der Waals surface area contributed by atoms with Gasteiger partial charge in [-0.1, -0.05) is 17.7 Å². The topological polar surface area (TPSA) is 55.8 Å². The van der Waals surface area contributed by atoms with Gasteiger partial charge in [-0.2, -0.15) is 0 Å². The van der Waals surface area contributed by atoms with E-state index in [0.717, 1.165) is 42.2 Å². The third-order valence-corrected chi connectivity index (χ3v) is 7.61. The van der Waals surface area contributed by atoms with Crippen LogP contribution >= 0.6 is 22.9 Å². The van der Waals surface area contributed by atoms with E-state index in [1.54, 1.807) is 29.8 Å². The Hall–Kier alpha value is -2.33. The van der Waals surface area contributed by atoms with Gasteiger partial charge in [0.1, 0.15) is 22.8 Å². The van der Waals surface area contributed by atoms with Gasteiger partial charge >= 0.3 is 0 Å². The van der Waals surface area contributed by atoms with Crippen molar-refractivity contribution in [1.29, 1.82) is 0 Å². The fourth-order valence-corrected chi connectivity index (χ4v) is 5.45. The standard InChI is InChI=1S/C23H26ClFN6OS/c24-19-2-1-3-20(25)18(19)14-28-5-9-30(10-6-28)21(32)15-29-7-11-31(12-8-29)22-17-4-13-33-23(17)27-16-26-22/h1-4,13,16H,5-12,14-15H2. The van der Waals surface area contributed by atoms with Crippen molar-refractivity contribution in [2.24, 2.45) is 0 Å². The summed E-state index contributed by atoms with van der Waals surface area (Å²) in [6.07, 6.45) is 1.63. The van der Waals surface area contributed by atoms with Crippen molar-refractivity contribution >= 4 is 44.9 Å². The number of anilines is 1. The summed E-state index contributed by atoms with van der Waals surface area (Å²) in [6, 6.07) is 6.85. The zero-order valence-corrected chi connectivity index (χ0v) is 19.9. The lowest BCUT2D eigenvalue weighted by molar-refractivity contribution is -0.134. The number of amides is 1. The molecular weight excluding hydrogens is 463 g/mol. The van der Waals surface area contributed by atoms with Crippen LogP contribution in [0.15, 0.2) is 36.0 Å². The van der Waals surface area contributed by atoms with Gasteiger partial charge in [0.05, 0.1) is 11.9 Å². The van der Waals surface area contributed by atoms with E-state index in [1.807, 2.05) is 10.3 Å². The first-order valence-corrected chi connectivity index (χ1v) is 12.4. The highest BCUT2D eigenvalue weighted by Crippen LogP contribution is 2.27. The number of aromatic nitrogens is 2. The largest absolute Gasteiger partial charge is 0.353 e. The SMILES string of the molecule is O=C(CN1CCN(c2ncnc3sccc23)CC1)N1CCN(Cc2c(F)cccc2Cl)CC1. The number of thiophene rings is 1. The molecule has 0 saturated carbocycles. The molecule has 7 nitrogen and oxygen atoms in total. The summed E-state index contributed by atoms with van der Waals surface area (Å²) >= 11 is 7.79. The van der Waals surface area contributed by atoms with Gasteiger partial charge in [-0.05, 0) is 23.6 Å². The van der Waals surface area contributed by atoms with Crippen LogP contribution in [0.1, 0.15) is 5.56 Å². The van der Waals surface area contributed by atoms with E-state index in [2.05, 4.69) is 30.7 Å². The van der Waals surface area contributed by atoms with Crippen LogP contribution in [0.5, 0.6) is 0 Å². The van der Waals surface area contributed by atoms with Crippen molar-refractivity contribution in [2.45, 2.75) is 6.54 Å². The van der Waals surface area contributed by atoms with Crippen molar-refractivity contribution in [1.82, 2.24) is 24.7 Å². The molecule has 0 radical (unpaired) electrons. The average molecular weight is 489 g/mol. The number of fused-ring (bicyclic) bond motifs is 1. The predicted molar refractivity (Wildman–Crippen MR) is 129 cm³/mol. The molecule has 1 amide bonds. The van der Waals surface area contributed by atoms with Crippen molar-refractivity contribution < 1.29 is 9.18 Å². The molecule has 0 spiro atoms. The minimum absolute atomic E-state index is 0.161. The van der Waals surface area contributed by atoms with Gasteiger partial charge in [0, 0.05) is 69.5 Å². The molecule has 0 bridgehead atoms. The molecule has 174 valence electrons. The quantitative estimate of drug-likeness (QED) is 0.550. The van der Waals surface area contributed by atoms with Gasteiger partial charge < -0.3 is 9.80 Å². The maximum Gasteiger partial charge on any atom is 0.236 e. The Bertz CT molecular complexity index is 1110. The average Bonchev–Trinajstić information content (AvgIpc) is 3.32. The highest BCUT2D eigenvalue weighted by molar-refractivity contribution is 7.16. The Kier molecular flexibility index (Phi) is 6.73. The Labute approximate surface area is 201 Å². The molecule has 2 aliphatic rings. The van der Waals surface area contributed by atoms with Crippen LogP contribution in [0, 0.1) is 5.82 Å². The molecule has 2 aliphatic heterocycles.